The maximum atomic E-state index is 13.0. The Kier molecular flexibility index (Phi) is 4.04. The Morgan fingerprint density at radius 1 is 1.40 bits per heavy atom. The first-order valence-electron chi connectivity index (χ1n) is 6.08. The van der Waals surface area contributed by atoms with Crippen LogP contribution in [0.15, 0.2) is 27.2 Å². The van der Waals surface area contributed by atoms with E-state index in [4.69, 9.17) is 4.52 Å². The molecule has 0 amide bonds. The lowest BCUT2D eigenvalue weighted by atomic mass is 9.89. The molecule has 20 heavy (non-hydrogen) atoms. The molecular formula is C14H14BrFN2O2. The van der Waals surface area contributed by atoms with Crippen LogP contribution in [-0.2, 0) is 11.2 Å². The number of carbonyl (C=O) groups excluding carboxylic acids is 1. The van der Waals surface area contributed by atoms with Gasteiger partial charge < -0.3 is 4.52 Å². The largest absolute Gasteiger partial charge is 0.338 e. The van der Waals surface area contributed by atoms with Crippen molar-refractivity contribution in [3.8, 4) is 11.4 Å². The Balaban J connectivity index is 2.23. The van der Waals surface area contributed by atoms with Crippen molar-refractivity contribution >= 4 is 21.7 Å². The normalized spacial score (nSPS) is 11.7. The Morgan fingerprint density at radius 3 is 2.70 bits per heavy atom. The molecule has 0 fully saturated rings. The second-order valence-corrected chi connectivity index (χ2v) is 6.34. The minimum absolute atomic E-state index is 0.0193. The third kappa shape index (κ3) is 3.30. The Labute approximate surface area is 124 Å². The molecule has 0 saturated carbocycles. The molecule has 2 aromatic rings. The number of nitrogens with zero attached hydrogens (tertiary/aromatic N) is 2. The van der Waals surface area contributed by atoms with Gasteiger partial charge in [0.05, 0.1) is 6.42 Å². The van der Waals surface area contributed by atoms with Crippen molar-refractivity contribution in [2.75, 3.05) is 0 Å². The molecule has 0 bridgehead atoms. The monoisotopic (exact) mass is 340 g/mol. The zero-order valence-electron chi connectivity index (χ0n) is 11.4. The topological polar surface area (TPSA) is 56.0 Å². The Bertz CT molecular complexity index is 647. The molecule has 6 heteroatoms. The molecule has 0 aliphatic heterocycles. The number of benzene rings is 1. The van der Waals surface area contributed by atoms with Gasteiger partial charge in [-0.3, -0.25) is 4.79 Å². The summed E-state index contributed by atoms with van der Waals surface area (Å²) in [5.74, 6) is 0.253. The van der Waals surface area contributed by atoms with Crippen LogP contribution in [-0.4, -0.2) is 15.9 Å². The van der Waals surface area contributed by atoms with Crippen LogP contribution in [0.1, 0.15) is 26.7 Å². The van der Waals surface area contributed by atoms with Gasteiger partial charge in [-0.2, -0.15) is 4.98 Å². The molecule has 0 unspecified atom stereocenters. The summed E-state index contributed by atoms with van der Waals surface area (Å²) >= 11 is 3.25. The lowest BCUT2D eigenvalue weighted by Crippen LogP contribution is -2.22. The smallest absolute Gasteiger partial charge is 0.234 e. The van der Waals surface area contributed by atoms with E-state index in [2.05, 4.69) is 26.1 Å². The lowest BCUT2D eigenvalue weighted by molar-refractivity contribution is -0.125. The van der Waals surface area contributed by atoms with Gasteiger partial charge in [-0.05, 0) is 34.1 Å². The first-order valence-corrected chi connectivity index (χ1v) is 6.88. The SMILES string of the molecule is CC(C)(C)C(=O)Cc1nc(-c2ccc(F)cc2Br)no1. The van der Waals surface area contributed by atoms with Gasteiger partial charge >= 0.3 is 0 Å². The van der Waals surface area contributed by atoms with Crippen LogP contribution in [0.2, 0.25) is 0 Å². The van der Waals surface area contributed by atoms with E-state index in [1.807, 2.05) is 20.8 Å². The van der Waals surface area contributed by atoms with Crippen molar-refractivity contribution in [1.82, 2.24) is 10.1 Å². The Hall–Kier alpha value is -1.56. The molecule has 1 aromatic carbocycles. The van der Waals surface area contributed by atoms with Gasteiger partial charge in [-0.1, -0.05) is 25.9 Å². The summed E-state index contributed by atoms with van der Waals surface area (Å²) in [4.78, 5) is 16.1. The summed E-state index contributed by atoms with van der Waals surface area (Å²) in [6, 6.07) is 4.20. The Morgan fingerprint density at radius 2 is 2.10 bits per heavy atom. The number of rotatable bonds is 3. The summed E-state index contributed by atoms with van der Waals surface area (Å²) in [7, 11) is 0. The number of ketones is 1. The minimum Gasteiger partial charge on any atom is -0.338 e. The molecule has 4 nitrogen and oxygen atoms in total. The van der Waals surface area contributed by atoms with E-state index in [1.54, 1.807) is 6.07 Å². The van der Waals surface area contributed by atoms with Crippen LogP contribution in [0, 0.1) is 11.2 Å². The standard InChI is InChI=1S/C14H14BrFN2O2/c1-14(2,3)11(19)7-12-17-13(18-20-12)9-5-4-8(16)6-10(9)15/h4-6H,7H2,1-3H3. The number of aromatic nitrogens is 2. The summed E-state index contributed by atoms with van der Waals surface area (Å²) in [6.07, 6.45) is 0.0926. The van der Waals surface area contributed by atoms with E-state index in [0.717, 1.165) is 0 Å². The highest BCUT2D eigenvalue weighted by Gasteiger charge is 2.24. The van der Waals surface area contributed by atoms with Gasteiger partial charge in [0.25, 0.3) is 0 Å². The molecule has 1 heterocycles. The van der Waals surface area contributed by atoms with Crippen LogP contribution in [0.3, 0.4) is 0 Å². The third-order valence-electron chi connectivity index (χ3n) is 2.79. The highest BCUT2D eigenvalue weighted by atomic mass is 79.9. The van der Waals surface area contributed by atoms with Gasteiger partial charge in [-0.15, -0.1) is 0 Å². The summed E-state index contributed by atoms with van der Waals surface area (Å²) < 4.78 is 18.6. The average molecular weight is 341 g/mol. The highest BCUT2D eigenvalue weighted by Crippen LogP contribution is 2.27. The third-order valence-corrected chi connectivity index (χ3v) is 3.44. The maximum Gasteiger partial charge on any atom is 0.234 e. The number of Topliss-reactive ketones (excluding diaryl/α,β-unsaturated/α-hetero) is 1. The van der Waals surface area contributed by atoms with Crippen LogP contribution in [0.4, 0.5) is 4.39 Å². The fourth-order valence-corrected chi connectivity index (χ4v) is 2.04. The molecular weight excluding hydrogens is 327 g/mol. The second kappa shape index (κ2) is 5.44. The van der Waals surface area contributed by atoms with E-state index in [-0.39, 0.29) is 23.9 Å². The fourth-order valence-electron chi connectivity index (χ4n) is 1.51. The number of hydrogen-bond acceptors (Lipinski definition) is 4. The second-order valence-electron chi connectivity index (χ2n) is 5.49. The maximum absolute atomic E-state index is 13.0. The molecule has 0 aliphatic carbocycles. The predicted molar refractivity (Wildman–Crippen MR) is 75.6 cm³/mol. The number of carbonyl (C=O) groups is 1. The predicted octanol–water partition coefficient (Wildman–Crippen LogP) is 3.80. The van der Waals surface area contributed by atoms with Crippen LogP contribution < -0.4 is 0 Å². The molecule has 0 saturated heterocycles. The van der Waals surface area contributed by atoms with Crippen molar-refractivity contribution in [3.05, 3.63) is 34.4 Å². The van der Waals surface area contributed by atoms with Gasteiger partial charge in [0.1, 0.15) is 11.6 Å². The van der Waals surface area contributed by atoms with E-state index >= 15 is 0 Å². The van der Waals surface area contributed by atoms with Gasteiger partial charge in [0, 0.05) is 15.5 Å². The summed E-state index contributed by atoms with van der Waals surface area (Å²) in [5.41, 5.74) is 0.162. The average Bonchev–Trinajstić information content (AvgIpc) is 2.76. The van der Waals surface area contributed by atoms with Crippen LogP contribution in [0.25, 0.3) is 11.4 Å². The first kappa shape index (κ1) is 14.8. The fraction of sp³-hybridized carbons (Fsp3) is 0.357. The van der Waals surface area contributed by atoms with Gasteiger partial charge in [0.2, 0.25) is 11.7 Å². The zero-order valence-corrected chi connectivity index (χ0v) is 13.0. The molecule has 0 atom stereocenters. The van der Waals surface area contributed by atoms with Gasteiger partial charge in [-0.25, -0.2) is 4.39 Å². The van der Waals surface area contributed by atoms with Crippen molar-refractivity contribution in [2.24, 2.45) is 5.41 Å². The van der Waals surface area contributed by atoms with E-state index in [0.29, 0.717) is 15.9 Å². The van der Waals surface area contributed by atoms with Gasteiger partial charge in [0.15, 0.2) is 0 Å². The first-order chi connectivity index (χ1) is 9.27. The van der Waals surface area contributed by atoms with Crippen molar-refractivity contribution in [2.45, 2.75) is 27.2 Å². The number of halogens is 2. The molecule has 0 radical (unpaired) electrons. The minimum atomic E-state index is -0.453. The highest BCUT2D eigenvalue weighted by molar-refractivity contribution is 9.10. The van der Waals surface area contributed by atoms with E-state index in [1.165, 1.54) is 12.1 Å². The zero-order chi connectivity index (χ0) is 14.9. The van der Waals surface area contributed by atoms with E-state index in [9.17, 15) is 9.18 Å². The molecule has 2 rings (SSSR count). The van der Waals surface area contributed by atoms with Crippen molar-refractivity contribution in [1.29, 1.82) is 0 Å². The van der Waals surface area contributed by atoms with Crippen molar-refractivity contribution < 1.29 is 13.7 Å². The lowest BCUT2D eigenvalue weighted by Gasteiger charge is -2.14. The summed E-state index contributed by atoms with van der Waals surface area (Å²) in [5, 5.41) is 3.82. The molecule has 0 aliphatic rings. The molecule has 1 aromatic heterocycles. The summed E-state index contributed by atoms with van der Waals surface area (Å²) in [6.45, 7) is 5.51. The van der Waals surface area contributed by atoms with Crippen molar-refractivity contribution in [3.63, 3.8) is 0 Å². The molecule has 0 N–H and O–H groups in total. The molecule has 0 spiro atoms. The van der Waals surface area contributed by atoms with E-state index < -0.39 is 5.41 Å². The number of hydrogen-bond donors (Lipinski definition) is 0. The quantitative estimate of drug-likeness (QED) is 0.852. The molecule has 106 valence electrons. The van der Waals surface area contributed by atoms with Crippen LogP contribution >= 0.6 is 15.9 Å². The van der Waals surface area contributed by atoms with Crippen LogP contribution in [0.5, 0.6) is 0 Å².